The second-order valence-corrected chi connectivity index (χ2v) is 7.45. The van der Waals surface area contributed by atoms with Crippen molar-refractivity contribution in [1.82, 2.24) is 5.32 Å². The summed E-state index contributed by atoms with van der Waals surface area (Å²) in [7, 11) is -3.97. The van der Waals surface area contributed by atoms with Gasteiger partial charge in [-0.2, -0.15) is 0 Å². The van der Waals surface area contributed by atoms with E-state index in [9.17, 15) is 18.0 Å². The van der Waals surface area contributed by atoms with Crippen molar-refractivity contribution in [3.05, 3.63) is 59.7 Å². The lowest BCUT2D eigenvalue weighted by Crippen LogP contribution is -2.25. The smallest absolute Gasteiger partial charge is 0.335 e. The van der Waals surface area contributed by atoms with Crippen LogP contribution in [-0.4, -0.2) is 31.4 Å². The number of nitrogens with one attached hydrogen (secondary N) is 2. The van der Waals surface area contributed by atoms with Crippen LogP contribution in [0.1, 0.15) is 33.6 Å². The first-order chi connectivity index (χ1) is 11.8. The van der Waals surface area contributed by atoms with E-state index in [-0.39, 0.29) is 28.1 Å². The van der Waals surface area contributed by atoms with E-state index in [4.69, 9.17) is 5.11 Å². The minimum atomic E-state index is -3.97. The van der Waals surface area contributed by atoms with Crippen molar-refractivity contribution >= 4 is 27.6 Å². The molecule has 1 fully saturated rings. The molecule has 0 saturated heterocycles. The second kappa shape index (κ2) is 6.56. The van der Waals surface area contributed by atoms with Crippen LogP contribution in [0.15, 0.2) is 53.4 Å². The molecule has 0 spiro atoms. The Kier molecular flexibility index (Phi) is 4.45. The van der Waals surface area contributed by atoms with E-state index >= 15 is 0 Å². The summed E-state index contributed by atoms with van der Waals surface area (Å²) in [6.45, 7) is 0. The molecule has 1 saturated carbocycles. The van der Waals surface area contributed by atoms with Gasteiger partial charge in [0.1, 0.15) is 0 Å². The lowest BCUT2D eigenvalue weighted by atomic mass is 10.2. The molecule has 0 atom stereocenters. The van der Waals surface area contributed by atoms with E-state index in [0.717, 1.165) is 18.9 Å². The third-order valence-corrected chi connectivity index (χ3v) is 5.06. The summed E-state index contributed by atoms with van der Waals surface area (Å²) in [6.07, 6.45) is 1.91. The summed E-state index contributed by atoms with van der Waals surface area (Å²) >= 11 is 0. The SMILES string of the molecule is O=C(O)c1cccc(S(=O)(=O)Nc2cccc(C(=O)NC3CC3)c2)c1. The van der Waals surface area contributed by atoms with Gasteiger partial charge in [-0.3, -0.25) is 9.52 Å². The van der Waals surface area contributed by atoms with Gasteiger partial charge in [-0.05, 0) is 49.2 Å². The minimum Gasteiger partial charge on any atom is -0.478 e. The summed E-state index contributed by atoms with van der Waals surface area (Å²) in [5.74, 6) is -1.47. The number of benzene rings is 2. The molecule has 130 valence electrons. The van der Waals surface area contributed by atoms with Crippen LogP contribution in [0.4, 0.5) is 5.69 Å². The molecule has 7 nitrogen and oxygen atoms in total. The van der Waals surface area contributed by atoms with Crippen LogP contribution < -0.4 is 10.0 Å². The van der Waals surface area contributed by atoms with Gasteiger partial charge in [0.2, 0.25) is 0 Å². The zero-order valence-corrected chi connectivity index (χ0v) is 13.9. The molecule has 0 radical (unpaired) electrons. The van der Waals surface area contributed by atoms with Crippen LogP contribution in [0.3, 0.4) is 0 Å². The highest BCUT2D eigenvalue weighted by Gasteiger charge is 2.24. The van der Waals surface area contributed by atoms with Gasteiger partial charge in [-0.1, -0.05) is 12.1 Å². The van der Waals surface area contributed by atoms with Crippen LogP contribution in [0, 0.1) is 0 Å². The highest BCUT2D eigenvalue weighted by atomic mass is 32.2. The number of carbonyl (C=O) groups is 2. The topological polar surface area (TPSA) is 113 Å². The van der Waals surface area contributed by atoms with Gasteiger partial charge in [0.25, 0.3) is 15.9 Å². The molecule has 2 aromatic carbocycles. The molecule has 0 unspecified atom stereocenters. The van der Waals surface area contributed by atoms with Crippen LogP contribution in [-0.2, 0) is 10.0 Å². The van der Waals surface area contributed by atoms with Gasteiger partial charge in [0, 0.05) is 17.3 Å². The second-order valence-electron chi connectivity index (χ2n) is 5.77. The van der Waals surface area contributed by atoms with E-state index in [0.29, 0.717) is 5.56 Å². The van der Waals surface area contributed by atoms with Gasteiger partial charge >= 0.3 is 5.97 Å². The molecule has 1 aliphatic carbocycles. The first kappa shape index (κ1) is 17.0. The first-order valence-corrected chi connectivity index (χ1v) is 9.10. The summed E-state index contributed by atoms with van der Waals surface area (Å²) in [6, 6.07) is 11.4. The highest BCUT2D eigenvalue weighted by molar-refractivity contribution is 7.92. The van der Waals surface area contributed by atoms with E-state index in [1.807, 2.05) is 0 Å². The minimum absolute atomic E-state index is 0.125. The average Bonchev–Trinajstić information content (AvgIpc) is 3.39. The van der Waals surface area contributed by atoms with Crippen LogP contribution >= 0.6 is 0 Å². The maximum Gasteiger partial charge on any atom is 0.335 e. The largest absolute Gasteiger partial charge is 0.478 e. The summed E-state index contributed by atoms with van der Waals surface area (Å²) in [4.78, 5) is 22.9. The van der Waals surface area contributed by atoms with E-state index in [1.54, 1.807) is 12.1 Å². The van der Waals surface area contributed by atoms with E-state index < -0.39 is 16.0 Å². The number of carbonyl (C=O) groups excluding carboxylic acids is 1. The number of sulfonamides is 1. The summed E-state index contributed by atoms with van der Waals surface area (Å²) in [5, 5.41) is 11.8. The lowest BCUT2D eigenvalue weighted by molar-refractivity contribution is 0.0696. The van der Waals surface area contributed by atoms with Crippen molar-refractivity contribution in [2.45, 2.75) is 23.8 Å². The Bertz CT molecular complexity index is 936. The summed E-state index contributed by atoms with van der Waals surface area (Å²) in [5.41, 5.74) is 0.455. The first-order valence-electron chi connectivity index (χ1n) is 7.62. The van der Waals surface area contributed by atoms with Crippen molar-refractivity contribution in [3.63, 3.8) is 0 Å². The van der Waals surface area contributed by atoms with E-state index in [1.165, 1.54) is 30.3 Å². The van der Waals surface area contributed by atoms with Gasteiger partial charge in [0.15, 0.2) is 0 Å². The number of aromatic carboxylic acids is 1. The fourth-order valence-corrected chi connectivity index (χ4v) is 3.33. The van der Waals surface area contributed by atoms with Crippen molar-refractivity contribution < 1.29 is 23.1 Å². The Labute approximate surface area is 144 Å². The highest BCUT2D eigenvalue weighted by Crippen LogP contribution is 2.21. The molecule has 2 aromatic rings. The summed E-state index contributed by atoms with van der Waals surface area (Å²) < 4.78 is 27.2. The molecule has 3 rings (SSSR count). The monoisotopic (exact) mass is 360 g/mol. The molecule has 0 heterocycles. The maximum absolute atomic E-state index is 12.4. The number of carboxylic acids is 1. The Morgan fingerprint density at radius 3 is 2.36 bits per heavy atom. The Hall–Kier alpha value is -2.87. The Morgan fingerprint density at radius 1 is 1.00 bits per heavy atom. The van der Waals surface area contributed by atoms with Crippen LogP contribution in [0.25, 0.3) is 0 Å². The number of hydrogen-bond donors (Lipinski definition) is 3. The van der Waals surface area contributed by atoms with E-state index in [2.05, 4.69) is 10.0 Å². The molecule has 8 heteroatoms. The van der Waals surface area contributed by atoms with Crippen molar-refractivity contribution in [1.29, 1.82) is 0 Å². The van der Waals surface area contributed by atoms with Crippen LogP contribution in [0.5, 0.6) is 0 Å². The quantitative estimate of drug-likeness (QED) is 0.730. The predicted molar refractivity (Wildman–Crippen MR) is 91.1 cm³/mol. The molecule has 0 bridgehead atoms. The van der Waals surface area contributed by atoms with Gasteiger partial charge < -0.3 is 10.4 Å². The molecule has 25 heavy (non-hydrogen) atoms. The fourth-order valence-electron chi connectivity index (χ4n) is 2.23. The molecule has 3 N–H and O–H groups in total. The Balaban J connectivity index is 1.82. The molecule has 1 aliphatic rings. The lowest BCUT2D eigenvalue weighted by Gasteiger charge is -2.10. The number of carboxylic acid groups (broad SMARTS) is 1. The molecular weight excluding hydrogens is 344 g/mol. The third kappa shape index (κ3) is 4.16. The zero-order valence-electron chi connectivity index (χ0n) is 13.1. The number of amides is 1. The third-order valence-electron chi connectivity index (χ3n) is 3.68. The number of rotatable bonds is 6. The molecule has 0 aromatic heterocycles. The van der Waals surface area contributed by atoms with Crippen molar-refractivity contribution in [3.8, 4) is 0 Å². The van der Waals surface area contributed by atoms with Gasteiger partial charge in [-0.15, -0.1) is 0 Å². The predicted octanol–water partition coefficient (Wildman–Crippen LogP) is 2.08. The maximum atomic E-state index is 12.4. The molecule has 1 amide bonds. The van der Waals surface area contributed by atoms with Gasteiger partial charge in [-0.25, -0.2) is 13.2 Å². The van der Waals surface area contributed by atoms with Crippen molar-refractivity contribution in [2.75, 3.05) is 4.72 Å². The Morgan fingerprint density at radius 2 is 1.68 bits per heavy atom. The zero-order chi connectivity index (χ0) is 18.0. The van der Waals surface area contributed by atoms with Gasteiger partial charge in [0.05, 0.1) is 10.5 Å². The molecular formula is C17H16N2O5S. The molecule has 0 aliphatic heterocycles. The standard InChI is InChI=1S/C17H16N2O5S/c20-16(18-13-7-8-13)11-3-1-5-14(9-11)19-25(23,24)15-6-2-4-12(10-15)17(21)22/h1-6,9-10,13,19H,7-8H2,(H,18,20)(H,21,22). The normalized spacial score (nSPS) is 13.9. The number of anilines is 1. The fraction of sp³-hybridized carbons (Fsp3) is 0.176. The average molecular weight is 360 g/mol. The van der Waals surface area contributed by atoms with Crippen molar-refractivity contribution in [2.24, 2.45) is 0 Å². The van der Waals surface area contributed by atoms with Crippen LogP contribution in [0.2, 0.25) is 0 Å². The number of hydrogen-bond acceptors (Lipinski definition) is 4.